The van der Waals surface area contributed by atoms with Gasteiger partial charge >= 0.3 is 10.1 Å². The molecule has 0 spiro atoms. The Hall–Kier alpha value is -2.91. The quantitative estimate of drug-likeness (QED) is 0.458. The Labute approximate surface area is 134 Å². The van der Waals surface area contributed by atoms with Gasteiger partial charge in [-0.3, -0.25) is 4.28 Å². The number of nitriles is 2. The van der Waals surface area contributed by atoms with E-state index in [9.17, 15) is 8.42 Å². The molecule has 0 heterocycles. The highest BCUT2D eigenvalue weighted by atomic mass is 32.2. The van der Waals surface area contributed by atoms with Gasteiger partial charge in [0.2, 0.25) is 0 Å². The zero-order valence-electron chi connectivity index (χ0n) is 12.3. The summed E-state index contributed by atoms with van der Waals surface area (Å²) in [5.41, 5.74) is 0.228. The Bertz CT molecular complexity index is 784. The lowest BCUT2D eigenvalue weighted by Crippen LogP contribution is -2.09. The van der Waals surface area contributed by atoms with Gasteiger partial charge in [-0.2, -0.15) is 18.9 Å². The smallest absolute Gasteiger partial charge is 0.328 e. The topological polar surface area (TPSA) is 136 Å². The molecule has 0 fully saturated rings. The second-order valence-electron chi connectivity index (χ2n) is 4.38. The Morgan fingerprint density at radius 3 is 2.13 bits per heavy atom. The van der Waals surface area contributed by atoms with Gasteiger partial charge in [0.15, 0.2) is 11.4 Å². The molecular formula is C14H14N4O4S. The molecule has 0 aliphatic rings. The summed E-state index contributed by atoms with van der Waals surface area (Å²) in [6, 6.07) is 9.17. The second kappa shape index (κ2) is 8.51. The normalized spacial score (nSPS) is 12.3. The van der Waals surface area contributed by atoms with Crippen molar-refractivity contribution in [3.63, 3.8) is 0 Å². The molecule has 0 bridgehead atoms. The lowest BCUT2D eigenvalue weighted by Gasteiger charge is -2.02. The molecule has 1 aromatic rings. The van der Waals surface area contributed by atoms with E-state index in [0.29, 0.717) is 24.0 Å². The summed E-state index contributed by atoms with van der Waals surface area (Å²) in [6.07, 6.45) is 1.12. The molecule has 0 amide bonds. The fourth-order valence-corrected chi connectivity index (χ4v) is 2.43. The Morgan fingerprint density at radius 1 is 1.17 bits per heavy atom. The van der Waals surface area contributed by atoms with Gasteiger partial charge in [-0.15, -0.1) is 0 Å². The molecule has 0 saturated carbocycles. The number of oxime groups is 2. The molecule has 1 N–H and O–H groups in total. The van der Waals surface area contributed by atoms with Crippen LogP contribution in [0.15, 0.2) is 34.6 Å². The van der Waals surface area contributed by atoms with E-state index in [4.69, 9.17) is 15.7 Å². The van der Waals surface area contributed by atoms with Gasteiger partial charge in [-0.05, 0) is 6.42 Å². The lowest BCUT2D eigenvalue weighted by atomic mass is 10.1. The first-order chi connectivity index (χ1) is 11.0. The minimum absolute atomic E-state index is 0.177. The first kappa shape index (κ1) is 18.1. The maximum absolute atomic E-state index is 11.5. The maximum Gasteiger partial charge on any atom is 0.328 e. The standard InChI is InChI=1S/C14H14N4O4S/c1-2-3-8-23(20,21)22-18-14(10-16)12-6-4-11(5-7-12)13(9-15)17-19/h4-7,19H,2-3,8H2,1H3. The molecule has 8 nitrogen and oxygen atoms in total. The van der Waals surface area contributed by atoms with Crippen LogP contribution >= 0.6 is 0 Å². The number of hydrogen-bond acceptors (Lipinski definition) is 8. The number of unbranched alkanes of at least 4 members (excludes halogenated alkanes) is 1. The number of nitrogens with zero attached hydrogens (tertiary/aromatic N) is 4. The molecule has 120 valence electrons. The van der Waals surface area contributed by atoms with Crippen LogP contribution in [-0.4, -0.2) is 30.8 Å². The molecule has 23 heavy (non-hydrogen) atoms. The minimum Gasteiger partial charge on any atom is -0.410 e. The van der Waals surface area contributed by atoms with Crippen LogP contribution in [0.25, 0.3) is 0 Å². The summed E-state index contributed by atoms with van der Waals surface area (Å²) < 4.78 is 27.6. The Kier molecular flexibility index (Phi) is 6.71. The summed E-state index contributed by atoms with van der Waals surface area (Å²) >= 11 is 0. The van der Waals surface area contributed by atoms with Crippen LogP contribution in [0.5, 0.6) is 0 Å². The van der Waals surface area contributed by atoms with E-state index < -0.39 is 10.1 Å². The van der Waals surface area contributed by atoms with Gasteiger partial charge in [0, 0.05) is 11.1 Å². The van der Waals surface area contributed by atoms with Gasteiger partial charge in [0.1, 0.15) is 12.1 Å². The number of benzene rings is 1. The van der Waals surface area contributed by atoms with Gasteiger partial charge in [0.25, 0.3) is 0 Å². The molecular weight excluding hydrogens is 320 g/mol. The van der Waals surface area contributed by atoms with Crippen molar-refractivity contribution in [1.82, 2.24) is 0 Å². The summed E-state index contributed by atoms with van der Waals surface area (Å²) in [5, 5.41) is 32.6. The predicted octanol–water partition coefficient (Wildman–Crippen LogP) is 1.76. The fourth-order valence-electron chi connectivity index (χ4n) is 1.52. The zero-order chi connectivity index (χ0) is 17.3. The summed E-state index contributed by atoms with van der Waals surface area (Å²) in [5.74, 6) is -0.177. The lowest BCUT2D eigenvalue weighted by molar-refractivity contribution is 0.320. The summed E-state index contributed by atoms with van der Waals surface area (Å²) in [7, 11) is -3.82. The van der Waals surface area contributed by atoms with Crippen molar-refractivity contribution >= 4 is 21.5 Å². The van der Waals surface area contributed by atoms with E-state index in [1.165, 1.54) is 24.3 Å². The molecule has 0 aliphatic carbocycles. The highest BCUT2D eigenvalue weighted by Crippen LogP contribution is 2.08. The molecule has 0 aromatic heterocycles. The van der Waals surface area contributed by atoms with E-state index in [0.717, 1.165) is 0 Å². The van der Waals surface area contributed by atoms with Gasteiger partial charge < -0.3 is 5.21 Å². The van der Waals surface area contributed by atoms with Crippen LogP contribution in [0, 0.1) is 22.7 Å². The molecule has 0 radical (unpaired) electrons. The highest BCUT2D eigenvalue weighted by molar-refractivity contribution is 7.86. The first-order valence-electron chi connectivity index (χ1n) is 6.59. The number of hydrogen-bond donors (Lipinski definition) is 1. The fraction of sp³-hybridized carbons (Fsp3) is 0.286. The third kappa shape index (κ3) is 5.41. The van der Waals surface area contributed by atoms with Crippen molar-refractivity contribution in [2.24, 2.45) is 10.3 Å². The van der Waals surface area contributed by atoms with Crippen molar-refractivity contribution in [2.45, 2.75) is 19.8 Å². The maximum atomic E-state index is 11.5. The van der Waals surface area contributed by atoms with Crippen LogP contribution in [-0.2, 0) is 14.4 Å². The summed E-state index contributed by atoms with van der Waals surface area (Å²) in [6.45, 7) is 1.84. The van der Waals surface area contributed by atoms with Crippen LogP contribution in [0.4, 0.5) is 0 Å². The largest absolute Gasteiger partial charge is 0.410 e. The van der Waals surface area contributed by atoms with Crippen molar-refractivity contribution in [3.8, 4) is 12.1 Å². The average molecular weight is 334 g/mol. The van der Waals surface area contributed by atoms with E-state index in [2.05, 4.69) is 14.6 Å². The monoisotopic (exact) mass is 334 g/mol. The van der Waals surface area contributed by atoms with Gasteiger partial charge in [-0.25, -0.2) is 0 Å². The molecule has 1 rings (SSSR count). The summed E-state index contributed by atoms with van der Waals surface area (Å²) in [4.78, 5) is 0. The van der Waals surface area contributed by atoms with Crippen LogP contribution in [0.1, 0.15) is 30.9 Å². The van der Waals surface area contributed by atoms with Crippen LogP contribution < -0.4 is 0 Å². The second-order valence-corrected chi connectivity index (χ2v) is 6.05. The SMILES string of the molecule is CCCCS(=O)(=O)ON=C(C#N)c1ccc(C(C#N)=NO)cc1. The predicted molar refractivity (Wildman–Crippen MR) is 82.3 cm³/mol. The molecule has 0 aliphatic heterocycles. The van der Waals surface area contributed by atoms with Crippen molar-refractivity contribution < 1.29 is 17.9 Å². The molecule has 1 aromatic carbocycles. The van der Waals surface area contributed by atoms with Crippen LogP contribution in [0.3, 0.4) is 0 Å². The molecule has 0 atom stereocenters. The third-order valence-corrected chi connectivity index (χ3v) is 3.82. The van der Waals surface area contributed by atoms with E-state index in [1.54, 1.807) is 12.1 Å². The van der Waals surface area contributed by atoms with Crippen molar-refractivity contribution in [3.05, 3.63) is 35.4 Å². The molecule has 0 saturated heterocycles. The van der Waals surface area contributed by atoms with E-state index in [-0.39, 0.29) is 17.2 Å². The highest BCUT2D eigenvalue weighted by Gasteiger charge is 2.12. The first-order valence-corrected chi connectivity index (χ1v) is 8.17. The van der Waals surface area contributed by atoms with E-state index in [1.807, 2.05) is 6.92 Å². The zero-order valence-corrected chi connectivity index (χ0v) is 13.1. The Morgan fingerprint density at radius 2 is 1.70 bits per heavy atom. The van der Waals surface area contributed by atoms with Crippen molar-refractivity contribution in [1.29, 1.82) is 10.5 Å². The van der Waals surface area contributed by atoms with Gasteiger partial charge in [0.05, 0.1) is 5.75 Å². The Balaban J connectivity index is 2.97. The van der Waals surface area contributed by atoms with Crippen LogP contribution in [0.2, 0.25) is 0 Å². The van der Waals surface area contributed by atoms with Gasteiger partial charge in [-0.1, -0.05) is 47.9 Å². The van der Waals surface area contributed by atoms with Crippen molar-refractivity contribution in [2.75, 3.05) is 5.75 Å². The average Bonchev–Trinajstić information content (AvgIpc) is 2.56. The van der Waals surface area contributed by atoms with E-state index >= 15 is 0 Å². The third-order valence-electron chi connectivity index (χ3n) is 2.73. The molecule has 0 unspecified atom stereocenters. The minimum atomic E-state index is -3.82. The number of rotatable bonds is 7. The molecule has 9 heteroatoms.